The topological polar surface area (TPSA) is 42.0 Å². The summed E-state index contributed by atoms with van der Waals surface area (Å²) in [5.41, 5.74) is 3.92. The first-order chi connectivity index (χ1) is 9.31. The van der Waals surface area contributed by atoms with E-state index in [9.17, 15) is 4.79 Å². The Morgan fingerprint density at radius 3 is 2.89 bits per heavy atom. The van der Waals surface area contributed by atoms with Gasteiger partial charge in [-0.05, 0) is 48.1 Å². The zero-order valence-corrected chi connectivity index (χ0v) is 10.7. The molecule has 1 amide bonds. The molecule has 1 aromatic heterocycles. The summed E-state index contributed by atoms with van der Waals surface area (Å²) in [7, 11) is 0. The maximum Gasteiger partial charge on any atom is 0.229 e. The number of rotatable bonds is 3. The highest BCUT2D eigenvalue weighted by Crippen LogP contribution is 2.23. The maximum absolute atomic E-state index is 11.9. The molecular formula is C16H16N2O. The second-order valence-corrected chi connectivity index (χ2v) is 4.90. The van der Waals surface area contributed by atoms with E-state index in [1.54, 1.807) is 12.3 Å². The number of pyridine rings is 1. The van der Waals surface area contributed by atoms with Gasteiger partial charge in [-0.25, -0.2) is 4.98 Å². The van der Waals surface area contributed by atoms with Crippen LogP contribution in [0.1, 0.15) is 23.1 Å². The van der Waals surface area contributed by atoms with E-state index in [0.717, 1.165) is 12.0 Å². The molecule has 0 unspecified atom stereocenters. The first kappa shape index (κ1) is 11.9. The molecule has 0 aliphatic heterocycles. The van der Waals surface area contributed by atoms with Crippen molar-refractivity contribution in [2.24, 2.45) is 0 Å². The van der Waals surface area contributed by atoms with Gasteiger partial charge in [-0.1, -0.05) is 24.3 Å². The molecular weight excluding hydrogens is 236 g/mol. The molecule has 0 spiro atoms. The average Bonchev–Trinajstić information content (AvgIpc) is 2.87. The number of aromatic nitrogens is 1. The number of amides is 1. The van der Waals surface area contributed by atoms with Crippen LogP contribution in [0.15, 0.2) is 42.6 Å². The van der Waals surface area contributed by atoms with Gasteiger partial charge in [0.25, 0.3) is 0 Å². The Balaban J connectivity index is 1.66. The van der Waals surface area contributed by atoms with E-state index >= 15 is 0 Å². The molecule has 0 bridgehead atoms. The highest BCUT2D eigenvalue weighted by atomic mass is 16.1. The highest BCUT2D eigenvalue weighted by Gasteiger charge is 2.12. The fourth-order valence-corrected chi connectivity index (χ4v) is 2.54. The molecule has 3 heteroatoms. The Morgan fingerprint density at radius 1 is 1.16 bits per heavy atom. The Hall–Kier alpha value is -2.16. The van der Waals surface area contributed by atoms with Crippen LogP contribution in [0.25, 0.3) is 0 Å². The molecule has 3 rings (SSSR count). The minimum atomic E-state index is -0.0170. The van der Waals surface area contributed by atoms with Gasteiger partial charge in [-0.15, -0.1) is 0 Å². The van der Waals surface area contributed by atoms with Crippen LogP contribution in [0, 0.1) is 0 Å². The summed E-state index contributed by atoms with van der Waals surface area (Å²) in [6.45, 7) is 0. The van der Waals surface area contributed by atoms with Gasteiger partial charge in [-0.2, -0.15) is 0 Å². The minimum Gasteiger partial charge on any atom is -0.310 e. The molecule has 0 saturated carbocycles. The van der Waals surface area contributed by atoms with E-state index in [2.05, 4.69) is 28.5 Å². The lowest BCUT2D eigenvalue weighted by Crippen LogP contribution is -2.15. The van der Waals surface area contributed by atoms with Crippen LogP contribution in [-0.2, 0) is 24.1 Å². The molecule has 0 saturated heterocycles. The first-order valence-electron chi connectivity index (χ1n) is 6.63. The van der Waals surface area contributed by atoms with Crippen molar-refractivity contribution >= 4 is 11.7 Å². The van der Waals surface area contributed by atoms with Gasteiger partial charge >= 0.3 is 0 Å². The number of carbonyl (C=O) groups excluding carboxylic acids is 1. The second kappa shape index (κ2) is 5.22. The van der Waals surface area contributed by atoms with E-state index in [1.807, 2.05) is 12.1 Å². The summed E-state index contributed by atoms with van der Waals surface area (Å²) >= 11 is 0. The Kier molecular flexibility index (Phi) is 3.27. The Morgan fingerprint density at radius 2 is 2.05 bits per heavy atom. The van der Waals surface area contributed by atoms with Gasteiger partial charge in [0.15, 0.2) is 0 Å². The number of hydrogen-bond donors (Lipinski definition) is 1. The van der Waals surface area contributed by atoms with Gasteiger partial charge in [0.2, 0.25) is 5.91 Å². The van der Waals surface area contributed by atoms with Crippen molar-refractivity contribution in [2.45, 2.75) is 25.7 Å². The van der Waals surface area contributed by atoms with Crippen molar-refractivity contribution in [1.82, 2.24) is 4.98 Å². The SMILES string of the molecule is O=C(Cc1ccc2c(c1)CCC2)Nc1ccccn1. The van der Waals surface area contributed by atoms with E-state index in [-0.39, 0.29) is 5.91 Å². The highest BCUT2D eigenvalue weighted by molar-refractivity contribution is 5.91. The largest absolute Gasteiger partial charge is 0.310 e. The van der Waals surface area contributed by atoms with Crippen LogP contribution in [-0.4, -0.2) is 10.9 Å². The fraction of sp³-hybridized carbons (Fsp3) is 0.250. The zero-order chi connectivity index (χ0) is 13.1. The molecule has 0 fully saturated rings. The van der Waals surface area contributed by atoms with Gasteiger partial charge < -0.3 is 5.32 Å². The third kappa shape index (κ3) is 2.81. The van der Waals surface area contributed by atoms with Crippen molar-refractivity contribution in [2.75, 3.05) is 5.32 Å². The number of benzene rings is 1. The van der Waals surface area contributed by atoms with Gasteiger partial charge in [0.1, 0.15) is 5.82 Å². The second-order valence-electron chi connectivity index (χ2n) is 4.90. The van der Waals surface area contributed by atoms with Gasteiger partial charge in [0.05, 0.1) is 6.42 Å². The predicted octanol–water partition coefficient (Wildman–Crippen LogP) is 2.75. The number of nitrogens with zero attached hydrogens (tertiary/aromatic N) is 1. The number of fused-ring (bicyclic) bond motifs is 1. The lowest BCUT2D eigenvalue weighted by atomic mass is 10.0. The van der Waals surface area contributed by atoms with Gasteiger partial charge in [0, 0.05) is 6.20 Å². The quantitative estimate of drug-likeness (QED) is 0.912. The molecule has 0 atom stereocenters. The predicted molar refractivity (Wildman–Crippen MR) is 75.0 cm³/mol. The number of carbonyl (C=O) groups is 1. The van der Waals surface area contributed by atoms with Crippen molar-refractivity contribution in [3.63, 3.8) is 0 Å². The van der Waals surface area contributed by atoms with Crippen LogP contribution in [0.2, 0.25) is 0 Å². The van der Waals surface area contributed by atoms with Crippen molar-refractivity contribution in [1.29, 1.82) is 0 Å². The molecule has 1 heterocycles. The molecule has 2 aromatic rings. The van der Waals surface area contributed by atoms with Crippen LogP contribution < -0.4 is 5.32 Å². The molecule has 1 N–H and O–H groups in total. The zero-order valence-electron chi connectivity index (χ0n) is 10.7. The van der Waals surface area contributed by atoms with Crippen LogP contribution in [0.5, 0.6) is 0 Å². The Bertz CT molecular complexity index is 593. The minimum absolute atomic E-state index is 0.0170. The van der Waals surface area contributed by atoms with Crippen molar-refractivity contribution in [3.05, 3.63) is 59.3 Å². The smallest absolute Gasteiger partial charge is 0.229 e. The molecule has 96 valence electrons. The average molecular weight is 252 g/mol. The fourth-order valence-electron chi connectivity index (χ4n) is 2.54. The van der Waals surface area contributed by atoms with Gasteiger partial charge in [-0.3, -0.25) is 4.79 Å². The summed E-state index contributed by atoms with van der Waals surface area (Å²) in [5.74, 6) is 0.588. The van der Waals surface area contributed by atoms with E-state index in [0.29, 0.717) is 12.2 Å². The summed E-state index contributed by atoms with van der Waals surface area (Å²) in [4.78, 5) is 16.0. The monoisotopic (exact) mass is 252 g/mol. The van der Waals surface area contributed by atoms with E-state index < -0.39 is 0 Å². The first-order valence-corrected chi connectivity index (χ1v) is 6.63. The molecule has 1 aromatic carbocycles. The lowest BCUT2D eigenvalue weighted by Gasteiger charge is -2.06. The number of nitrogens with one attached hydrogen (secondary N) is 1. The third-order valence-electron chi connectivity index (χ3n) is 3.46. The summed E-state index contributed by atoms with van der Waals surface area (Å²) < 4.78 is 0. The number of anilines is 1. The molecule has 1 aliphatic rings. The summed E-state index contributed by atoms with van der Waals surface area (Å²) in [5, 5.41) is 2.81. The normalized spacial score (nSPS) is 13.1. The number of aryl methyl sites for hydroxylation is 2. The van der Waals surface area contributed by atoms with Crippen molar-refractivity contribution in [3.8, 4) is 0 Å². The molecule has 19 heavy (non-hydrogen) atoms. The molecule has 1 aliphatic carbocycles. The van der Waals surface area contributed by atoms with Crippen LogP contribution >= 0.6 is 0 Å². The maximum atomic E-state index is 11.9. The van der Waals surface area contributed by atoms with Crippen LogP contribution in [0.4, 0.5) is 5.82 Å². The Labute approximate surface area is 112 Å². The third-order valence-corrected chi connectivity index (χ3v) is 3.46. The standard InChI is InChI=1S/C16H16N2O/c19-16(18-15-6-1-2-9-17-15)11-12-7-8-13-4-3-5-14(13)10-12/h1-2,6-10H,3-5,11H2,(H,17,18,19). The molecule has 0 radical (unpaired) electrons. The molecule has 3 nitrogen and oxygen atoms in total. The van der Waals surface area contributed by atoms with E-state index in [4.69, 9.17) is 0 Å². The van der Waals surface area contributed by atoms with Crippen LogP contribution in [0.3, 0.4) is 0 Å². The van der Waals surface area contributed by atoms with Crippen molar-refractivity contribution < 1.29 is 4.79 Å². The van der Waals surface area contributed by atoms with E-state index in [1.165, 1.54) is 24.0 Å². The summed E-state index contributed by atoms with van der Waals surface area (Å²) in [6.07, 6.45) is 5.63. The lowest BCUT2D eigenvalue weighted by molar-refractivity contribution is -0.115. The number of hydrogen-bond acceptors (Lipinski definition) is 2. The summed E-state index contributed by atoms with van der Waals surface area (Å²) in [6, 6.07) is 11.9.